The molecule has 0 fully saturated rings. The maximum absolute atomic E-state index is 12.7. The molecule has 15 aromatic carbocycles. The van der Waals surface area contributed by atoms with Crippen LogP contribution in [0.5, 0.6) is 0 Å². The smallest absolute Gasteiger partial charge is 1.00 e. The molecule has 19 aromatic rings. The van der Waals surface area contributed by atoms with E-state index in [4.69, 9.17) is 67.7 Å². The Bertz CT molecular complexity index is 7500. The molecular formula is C101H79BBr2Cl3FK4N8O18. The van der Waals surface area contributed by atoms with Crippen molar-refractivity contribution in [2.75, 3.05) is 0 Å². The number of fused-ring (bicyclic) bond motifs is 15. The van der Waals surface area contributed by atoms with Crippen LogP contribution >= 0.6 is 66.7 Å². The van der Waals surface area contributed by atoms with E-state index in [1.807, 2.05) is 222 Å². The molecule has 0 bridgehead atoms. The van der Waals surface area contributed by atoms with Gasteiger partial charge in [-0.05, 0) is 185 Å². The fourth-order valence-corrected chi connectivity index (χ4v) is 16.4. The van der Waals surface area contributed by atoms with Crippen LogP contribution in [0.1, 0.15) is 55.5 Å². The summed E-state index contributed by atoms with van der Waals surface area (Å²) in [4.78, 5) is 89.3. The molecule has 0 saturated heterocycles. The van der Waals surface area contributed by atoms with Crippen molar-refractivity contribution in [2.45, 2.75) is 47.9 Å². The zero-order valence-electron chi connectivity index (χ0n) is 79.2. The number of hydrogen-bond acceptors (Lipinski definition) is 18. The van der Waals surface area contributed by atoms with E-state index in [0.717, 1.165) is 117 Å². The Kier molecular flexibility index (Phi) is 45.8. The van der Waals surface area contributed by atoms with E-state index >= 15 is 0 Å². The molecule has 26 nitrogen and oxygen atoms in total. The fourth-order valence-electron chi connectivity index (χ4n) is 15.2. The molecule has 4 heterocycles. The molecule has 0 aliphatic heterocycles. The zero-order chi connectivity index (χ0) is 98.1. The number of nitrogens with zero attached hydrogens (tertiary/aromatic N) is 7. The van der Waals surface area contributed by atoms with Gasteiger partial charge in [-0.3, -0.25) is 50.0 Å². The second-order valence-corrected chi connectivity index (χ2v) is 32.2. The molecule has 0 atom stereocenters. The van der Waals surface area contributed by atoms with E-state index in [1.54, 1.807) is 36.4 Å². The first-order valence-corrected chi connectivity index (χ1v) is 42.8. The van der Waals surface area contributed by atoms with Crippen molar-refractivity contribution in [2.24, 2.45) is 0 Å². The van der Waals surface area contributed by atoms with Crippen LogP contribution in [0, 0.1) is 60.1 Å². The summed E-state index contributed by atoms with van der Waals surface area (Å²) in [6, 6.07) is 99.6. The molecule has 3 N–H and O–H groups in total. The normalized spacial score (nSPS) is 10.4. The number of benzene rings is 15. The molecule has 0 amide bonds. The number of aromatic amines is 1. The number of aromatic nitrogens is 4. The van der Waals surface area contributed by atoms with Gasteiger partial charge in [-0.25, -0.2) is 0 Å². The molecule has 680 valence electrons. The second kappa shape index (κ2) is 55.9. The summed E-state index contributed by atoms with van der Waals surface area (Å²) < 4.78 is 32.0. The van der Waals surface area contributed by atoms with Gasteiger partial charge < -0.3 is 61.5 Å². The minimum absolute atomic E-state index is 0. The first-order chi connectivity index (χ1) is 65.4. The summed E-state index contributed by atoms with van der Waals surface area (Å²) in [5.74, 6) is -1.09. The van der Waals surface area contributed by atoms with Gasteiger partial charge in [-0.1, -0.05) is 259 Å². The van der Waals surface area contributed by atoms with Gasteiger partial charge in [0, 0.05) is 102 Å². The van der Waals surface area contributed by atoms with E-state index in [0.29, 0.717) is 47.1 Å². The number of para-hydroxylation sites is 8. The fraction of sp³-hybridized carbons (Fsp3) is 0.0693. The molecule has 20 rings (SSSR count). The minimum atomic E-state index is -1.35. The van der Waals surface area contributed by atoms with Gasteiger partial charge in [0.15, 0.2) is 0 Å². The van der Waals surface area contributed by atoms with E-state index < -0.39 is 23.5 Å². The van der Waals surface area contributed by atoms with E-state index in [2.05, 4.69) is 113 Å². The predicted octanol–water partition coefficient (Wildman–Crippen LogP) is 12.1. The van der Waals surface area contributed by atoms with Gasteiger partial charge in [0.1, 0.15) is 28.6 Å². The maximum atomic E-state index is 12.7. The molecule has 0 saturated carbocycles. The number of Topliss-reactive ketones (excluding diaryl/α,β-unsaturated/α-hetero) is 2. The number of nitro groups is 4. The van der Waals surface area contributed by atoms with Crippen LogP contribution in [0.3, 0.4) is 0 Å². The van der Waals surface area contributed by atoms with Gasteiger partial charge in [-0.15, -0.1) is 0 Å². The SMILES string of the molecule is Cc1ccccc1-c1cc([N+](=O)[O-])c(-n2c3ccccc3c3ccccc32)cc1Cl.Cc1ccccc1B(O)O.O=CO[O-].O=CO[O-].O=[N+]([O-])c1cc(Br)c(Cl)cc1-n1c2ccccc2c2ccccc21.O=[N+]([O-])c1cc(Br)c(Cl)cc1F.O=[N+]([O-])c1cc2c(cc1-n1c3ccccc3c3ccccc31)Cc1ccccc1-2.[2H]CC(C)=O.[2H]CC(C)=O.[H-].[H-].[K+].[K+].[K+].[K+].c1ccc2c(c1)[nH]c1ccccc12. The molecule has 1 aliphatic carbocycles. The third kappa shape index (κ3) is 28.8. The van der Waals surface area contributed by atoms with Crippen LogP contribution in [0.2, 0.25) is 15.1 Å². The number of hydrogen-bond donors (Lipinski definition) is 3. The van der Waals surface area contributed by atoms with Crippen LogP contribution in [-0.4, -0.2) is 80.1 Å². The topological polar surface area (TPSA) is 376 Å². The van der Waals surface area contributed by atoms with Crippen LogP contribution in [-0.2, 0) is 35.4 Å². The third-order valence-electron chi connectivity index (χ3n) is 20.6. The summed E-state index contributed by atoms with van der Waals surface area (Å²) in [6.45, 7) is 6.08. The largest absolute Gasteiger partial charge is 1.00 e. The number of halogens is 6. The third-order valence-corrected chi connectivity index (χ3v) is 23.3. The van der Waals surface area contributed by atoms with Crippen molar-refractivity contribution in [3.63, 3.8) is 0 Å². The minimum Gasteiger partial charge on any atom is -1.00 e. The van der Waals surface area contributed by atoms with Crippen molar-refractivity contribution in [3.8, 4) is 39.3 Å². The van der Waals surface area contributed by atoms with E-state index in [-0.39, 0.29) is 284 Å². The quantitative estimate of drug-likeness (QED) is 0.0270. The molecule has 1 aliphatic rings. The molecule has 0 radical (unpaired) electrons. The van der Waals surface area contributed by atoms with Crippen LogP contribution in [0.4, 0.5) is 27.1 Å². The number of aryl methyl sites for hydroxylation is 2. The number of nitro benzene ring substituents is 4. The molecular weight excluding hydrogens is 2070 g/mol. The zero-order valence-corrected chi connectivity index (χ0v) is 93.1. The Labute approximate surface area is 997 Å². The average molecular weight is 2150 g/mol. The van der Waals surface area contributed by atoms with Gasteiger partial charge >= 0.3 is 218 Å². The van der Waals surface area contributed by atoms with Gasteiger partial charge in [0.2, 0.25) is 5.82 Å². The van der Waals surface area contributed by atoms with Gasteiger partial charge in [-0.2, -0.15) is 4.39 Å². The Morgan fingerprint density at radius 2 is 0.696 bits per heavy atom. The summed E-state index contributed by atoms with van der Waals surface area (Å²) in [5, 5.41) is 90.4. The van der Waals surface area contributed by atoms with Crippen molar-refractivity contribution >= 4 is 214 Å². The predicted molar refractivity (Wildman–Crippen MR) is 530 cm³/mol. The Hall–Kier alpha value is -8.41. The van der Waals surface area contributed by atoms with Crippen molar-refractivity contribution < 1.29 is 285 Å². The summed E-state index contributed by atoms with van der Waals surface area (Å²) in [6.07, 6.45) is 0.799. The second-order valence-electron chi connectivity index (χ2n) is 29.3. The van der Waals surface area contributed by atoms with Crippen molar-refractivity contribution in [3.05, 3.63) is 408 Å². The Morgan fingerprint density at radius 3 is 1.04 bits per heavy atom. The number of carbonyl (C=O) groups is 4. The number of H-pyrrole nitrogens is 1. The number of nitrogens with one attached hydrogen (secondary N) is 1. The number of rotatable bonds is 11. The average Bonchev–Trinajstić information content (AvgIpc) is 1.58. The standard InChI is InChI=1S/C25H17ClN2O2.C25H16N2O2.C18H10BrClN2O2.C12H9N.C7H9BO2.C6H2BrClFNO2.2C3H6O.2CH2O3.4K.2H/c1-16-8-2-3-9-17(16)20-14-25(28(29)30)24(15-21(20)26)27-22-12-6-4-10-18(22)19-11-5-7-13-23(19)27;28-27(29)25-15-21-17(13-16-7-1-2-8-18(16)21)14-24(25)26-22-11-5-3-9-19(22)20-10-4-6-12-23(20)26;19-13-9-18(22(23)24)17(10-14(13)20)21-15-7-3-1-5-11(15)12-6-2-4-8-16(12)21;1-3-7-11-9(5-1)10-6-2-4-8-12(10)13-11;1-6-4-2-3-5-7(6)8(9)10;7-3-1-6(10(11)12)5(9)2-4(3)8;2*1-3(2)4;2*2-1-4-3;;;;;;/h2-15H,1H3;1-12,14-15H,13H2;1-10H;1-8,13H;2-5,9-10H,1H3;1-2H;2*1-2H3;2*1,3H;;;;;;/q;;;;;;;;;;4*+1;2*-1/p-2/i;;;;;;2*1D;;;;;;;;. The monoisotopic (exact) mass is 2140 g/mol. The first kappa shape index (κ1) is 113. The van der Waals surface area contributed by atoms with Crippen LogP contribution in [0.25, 0.3) is 127 Å². The Morgan fingerprint density at radius 1 is 0.406 bits per heavy atom. The molecule has 0 unspecified atom stereocenters. The van der Waals surface area contributed by atoms with Gasteiger partial charge in [0.05, 0.1) is 67.9 Å². The Balaban J connectivity index is 0.000000297. The van der Waals surface area contributed by atoms with E-state index in [1.165, 1.54) is 47.3 Å². The van der Waals surface area contributed by atoms with Crippen LogP contribution < -0.4 is 222 Å². The molecule has 4 aromatic heterocycles. The summed E-state index contributed by atoms with van der Waals surface area (Å²) in [7, 11) is -1.35. The maximum Gasteiger partial charge on any atom is 1.00 e. The molecule has 37 heteroatoms. The number of ketones is 2. The molecule has 0 spiro atoms. The van der Waals surface area contributed by atoms with Crippen molar-refractivity contribution in [1.82, 2.24) is 18.7 Å². The van der Waals surface area contributed by atoms with Crippen LogP contribution in [0.15, 0.2) is 324 Å². The molecule has 138 heavy (non-hydrogen) atoms. The van der Waals surface area contributed by atoms with E-state index in [9.17, 15) is 54.4 Å². The van der Waals surface area contributed by atoms with Gasteiger partial charge in [0.25, 0.3) is 30.0 Å². The summed E-state index contributed by atoms with van der Waals surface area (Å²) in [5.41, 5.74) is 17.5. The van der Waals surface area contributed by atoms with Crippen molar-refractivity contribution in [1.29, 1.82) is 0 Å². The number of carbonyl (C=O) groups excluding carboxylic acids is 4. The first-order valence-electron chi connectivity index (χ1n) is 41.5. The summed E-state index contributed by atoms with van der Waals surface area (Å²) >= 11 is 24.6.